The molecule has 1 aromatic heterocycles. The highest BCUT2D eigenvalue weighted by Crippen LogP contribution is 2.24. The fourth-order valence-electron chi connectivity index (χ4n) is 2.10. The molecule has 18 heavy (non-hydrogen) atoms. The Bertz CT molecular complexity index is 639. The van der Waals surface area contributed by atoms with Crippen LogP contribution >= 0.6 is 12.2 Å². The minimum atomic E-state index is -0.0776. The summed E-state index contributed by atoms with van der Waals surface area (Å²) < 4.78 is 0. The van der Waals surface area contributed by atoms with E-state index in [4.69, 9.17) is 12.2 Å². The Balaban J connectivity index is 2.01. The van der Waals surface area contributed by atoms with E-state index in [1.54, 1.807) is 0 Å². The normalized spacial score (nSPS) is 18.1. The van der Waals surface area contributed by atoms with E-state index >= 15 is 0 Å². The SMILES string of the molecule is CC1(C)C=CN(c2ccc3[nH]ccc3c2)C(=S)N1. The second kappa shape index (κ2) is 3.85. The molecule has 92 valence electrons. The molecule has 1 aliphatic heterocycles. The van der Waals surface area contributed by atoms with Crippen molar-refractivity contribution in [1.82, 2.24) is 10.3 Å². The summed E-state index contributed by atoms with van der Waals surface area (Å²) in [6.07, 6.45) is 6.09. The van der Waals surface area contributed by atoms with Crippen molar-refractivity contribution in [3.05, 3.63) is 42.7 Å². The van der Waals surface area contributed by atoms with E-state index < -0.39 is 0 Å². The Morgan fingerprint density at radius 2 is 2.06 bits per heavy atom. The molecule has 2 aromatic rings. The third-order valence-electron chi connectivity index (χ3n) is 3.10. The smallest absolute Gasteiger partial charge is 0.178 e. The number of aromatic nitrogens is 1. The zero-order chi connectivity index (χ0) is 12.8. The van der Waals surface area contributed by atoms with Crippen molar-refractivity contribution in [3.63, 3.8) is 0 Å². The molecule has 2 N–H and O–H groups in total. The number of nitrogens with zero attached hydrogens (tertiary/aromatic N) is 1. The van der Waals surface area contributed by atoms with Gasteiger partial charge in [-0.3, -0.25) is 4.90 Å². The van der Waals surface area contributed by atoms with Crippen LogP contribution in [0.3, 0.4) is 0 Å². The second-order valence-corrected chi connectivity index (χ2v) is 5.47. The van der Waals surface area contributed by atoms with Gasteiger partial charge >= 0.3 is 0 Å². The van der Waals surface area contributed by atoms with Crippen molar-refractivity contribution in [3.8, 4) is 0 Å². The zero-order valence-corrected chi connectivity index (χ0v) is 11.2. The molecule has 0 saturated carbocycles. The van der Waals surface area contributed by atoms with Gasteiger partial charge in [0.25, 0.3) is 0 Å². The van der Waals surface area contributed by atoms with Gasteiger partial charge in [-0.15, -0.1) is 0 Å². The van der Waals surface area contributed by atoms with Crippen LogP contribution in [0.25, 0.3) is 10.9 Å². The summed E-state index contributed by atoms with van der Waals surface area (Å²) >= 11 is 5.42. The average Bonchev–Trinajstić information content (AvgIpc) is 2.74. The molecule has 0 amide bonds. The molecule has 1 aliphatic rings. The third-order valence-corrected chi connectivity index (χ3v) is 3.40. The first-order valence-electron chi connectivity index (χ1n) is 5.93. The number of benzene rings is 1. The van der Waals surface area contributed by atoms with E-state index in [9.17, 15) is 0 Å². The van der Waals surface area contributed by atoms with E-state index in [-0.39, 0.29) is 5.54 Å². The van der Waals surface area contributed by atoms with Gasteiger partial charge in [-0.1, -0.05) is 0 Å². The average molecular weight is 257 g/mol. The summed E-state index contributed by atoms with van der Waals surface area (Å²) in [6, 6.07) is 8.33. The van der Waals surface area contributed by atoms with Crippen LogP contribution < -0.4 is 10.2 Å². The van der Waals surface area contributed by atoms with Crippen molar-refractivity contribution >= 4 is 33.9 Å². The van der Waals surface area contributed by atoms with Crippen molar-refractivity contribution in [2.45, 2.75) is 19.4 Å². The number of rotatable bonds is 1. The van der Waals surface area contributed by atoms with E-state index in [2.05, 4.69) is 54.5 Å². The molecule has 0 aliphatic carbocycles. The van der Waals surface area contributed by atoms with Crippen LogP contribution in [0.5, 0.6) is 0 Å². The van der Waals surface area contributed by atoms with E-state index in [1.807, 2.05) is 17.3 Å². The number of hydrogen-bond donors (Lipinski definition) is 2. The van der Waals surface area contributed by atoms with Crippen LogP contribution in [0.4, 0.5) is 5.69 Å². The highest BCUT2D eigenvalue weighted by Gasteiger charge is 2.23. The number of hydrogen-bond acceptors (Lipinski definition) is 1. The Kier molecular flexibility index (Phi) is 2.41. The second-order valence-electron chi connectivity index (χ2n) is 5.09. The molecule has 0 spiro atoms. The number of nitrogens with one attached hydrogen (secondary N) is 2. The molecule has 0 unspecified atom stereocenters. The molecule has 0 saturated heterocycles. The van der Waals surface area contributed by atoms with E-state index in [1.165, 1.54) is 5.39 Å². The first kappa shape index (κ1) is 11.3. The lowest BCUT2D eigenvalue weighted by Gasteiger charge is -2.34. The summed E-state index contributed by atoms with van der Waals surface area (Å²) in [6.45, 7) is 4.20. The molecule has 2 heterocycles. The van der Waals surface area contributed by atoms with Gasteiger partial charge in [0.15, 0.2) is 5.11 Å². The van der Waals surface area contributed by atoms with Gasteiger partial charge in [-0.25, -0.2) is 0 Å². The standard InChI is InChI=1S/C14H15N3S/c1-14(2)6-8-17(13(18)16-14)11-3-4-12-10(9-11)5-7-15-12/h3-9,15H,1-2H3,(H,16,18). The molecule has 3 nitrogen and oxygen atoms in total. The third kappa shape index (κ3) is 1.88. The molecule has 0 bridgehead atoms. The van der Waals surface area contributed by atoms with E-state index in [0.29, 0.717) is 0 Å². The molecule has 4 heteroatoms. The number of aromatic amines is 1. The lowest BCUT2D eigenvalue weighted by atomic mass is 10.0. The Labute approximate surface area is 111 Å². The molecule has 1 aromatic carbocycles. The summed E-state index contributed by atoms with van der Waals surface area (Å²) in [5.41, 5.74) is 2.14. The van der Waals surface area contributed by atoms with Gasteiger partial charge in [-0.05, 0) is 56.4 Å². The van der Waals surface area contributed by atoms with Crippen molar-refractivity contribution in [2.75, 3.05) is 4.90 Å². The molecule has 0 radical (unpaired) electrons. The van der Waals surface area contributed by atoms with Gasteiger partial charge in [0.2, 0.25) is 0 Å². The van der Waals surface area contributed by atoms with Crippen LogP contribution in [0.2, 0.25) is 0 Å². The van der Waals surface area contributed by atoms with Crippen molar-refractivity contribution in [1.29, 1.82) is 0 Å². The summed E-state index contributed by atoms with van der Waals surface area (Å²) in [7, 11) is 0. The largest absolute Gasteiger partial charge is 0.361 e. The molecule has 0 atom stereocenters. The molecule has 3 rings (SSSR count). The van der Waals surface area contributed by atoms with Crippen molar-refractivity contribution < 1.29 is 0 Å². The maximum atomic E-state index is 5.42. The van der Waals surface area contributed by atoms with Crippen LogP contribution in [0, 0.1) is 0 Å². The van der Waals surface area contributed by atoms with Gasteiger partial charge in [0.1, 0.15) is 0 Å². The lowest BCUT2D eigenvalue weighted by Crippen LogP contribution is -2.51. The molecular weight excluding hydrogens is 242 g/mol. The molecular formula is C14H15N3S. The number of H-pyrrole nitrogens is 1. The Morgan fingerprint density at radius 3 is 2.83 bits per heavy atom. The minimum Gasteiger partial charge on any atom is -0.361 e. The number of fused-ring (bicyclic) bond motifs is 1. The Hall–Kier alpha value is -1.81. The fraction of sp³-hybridized carbons (Fsp3) is 0.214. The maximum Gasteiger partial charge on any atom is 0.178 e. The zero-order valence-electron chi connectivity index (χ0n) is 10.4. The van der Waals surface area contributed by atoms with Crippen LogP contribution in [-0.2, 0) is 0 Å². The summed E-state index contributed by atoms with van der Waals surface area (Å²) in [5, 5.41) is 5.23. The van der Waals surface area contributed by atoms with Gasteiger partial charge < -0.3 is 10.3 Å². The van der Waals surface area contributed by atoms with Crippen LogP contribution in [0.15, 0.2) is 42.7 Å². The predicted molar refractivity (Wildman–Crippen MR) is 79.7 cm³/mol. The lowest BCUT2D eigenvalue weighted by molar-refractivity contribution is 0.566. The highest BCUT2D eigenvalue weighted by atomic mass is 32.1. The topological polar surface area (TPSA) is 31.1 Å². The fourth-order valence-corrected chi connectivity index (χ4v) is 2.53. The number of thiocarbonyl (C=S) groups is 1. The maximum absolute atomic E-state index is 5.42. The van der Waals surface area contributed by atoms with E-state index in [0.717, 1.165) is 16.3 Å². The Morgan fingerprint density at radius 1 is 1.22 bits per heavy atom. The quantitative estimate of drug-likeness (QED) is 0.769. The first-order chi connectivity index (χ1) is 8.55. The summed E-state index contributed by atoms with van der Waals surface area (Å²) in [5.74, 6) is 0. The monoisotopic (exact) mass is 257 g/mol. The van der Waals surface area contributed by atoms with Crippen molar-refractivity contribution in [2.24, 2.45) is 0 Å². The number of anilines is 1. The van der Waals surface area contributed by atoms with Crippen LogP contribution in [0.1, 0.15) is 13.8 Å². The van der Waals surface area contributed by atoms with Crippen LogP contribution in [-0.4, -0.2) is 15.6 Å². The minimum absolute atomic E-state index is 0.0776. The van der Waals surface area contributed by atoms with Gasteiger partial charge in [0, 0.05) is 29.0 Å². The predicted octanol–water partition coefficient (Wildman–Crippen LogP) is 3.15. The van der Waals surface area contributed by atoms with Gasteiger partial charge in [-0.2, -0.15) is 0 Å². The van der Waals surface area contributed by atoms with Gasteiger partial charge in [0.05, 0.1) is 5.54 Å². The highest BCUT2D eigenvalue weighted by molar-refractivity contribution is 7.80. The summed E-state index contributed by atoms with van der Waals surface area (Å²) in [4.78, 5) is 5.18. The molecule has 0 fully saturated rings. The first-order valence-corrected chi connectivity index (χ1v) is 6.34.